The van der Waals surface area contributed by atoms with E-state index in [0.717, 1.165) is 32.6 Å². The average Bonchev–Trinajstić information content (AvgIpc) is 2.41. The Labute approximate surface area is 90.6 Å². The molecule has 0 amide bonds. The van der Waals surface area contributed by atoms with Crippen molar-refractivity contribution < 1.29 is 4.70 Å². The van der Waals surface area contributed by atoms with Crippen molar-refractivity contribution in [2.75, 3.05) is 31.1 Å². The van der Waals surface area contributed by atoms with Crippen LogP contribution in [0.5, 0.6) is 0 Å². The minimum absolute atomic E-state index is 0.156. The van der Waals surface area contributed by atoms with Gasteiger partial charge in [-0.1, -0.05) is 18.2 Å². The molecule has 1 aliphatic heterocycles. The van der Waals surface area contributed by atoms with Crippen LogP contribution in [0.3, 0.4) is 0 Å². The highest BCUT2D eigenvalue weighted by molar-refractivity contribution is 5.45. The molecule has 0 aromatic heterocycles. The Morgan fingerprint density at radius 1 is 1.00 bits per heavy atom. The summed E-state index contributed by atoms with van der Waals surface area (Å²) in [5.41, 5.74) is 1.26. The molecule has 0 radical (unpaired) electrons. The molecular formula is C11H19N4+. The molecule has 0 aliphatic carbocycles. The van der Waals surface area contributed by atoms with Crippen LogP contribution in [0.1, 0.15) is 6.42 Å². The molecular weight excluding hydrogens is 188 g/mol. The van der Waals surface area contributed by atoms with Gasteiger partial charge in [0.05, 0.1) is 6.54 Å². The summed E-state index contributed by atoms with van der Waals surface area (Å²) >= 11 is 0. The van der Waals surface area contributed by atoms with Crippen LogP contribution in [0.15, 0.2) is 30.3 Å². The third kappa shape index (κ3) is 2.68. The molecule has 1 heterocycles. The maximum atomic E-state index is 5.91. The van der Waals surface area contributed by atoms with Gasteiger partial charge in [0.25, 0.3) is 0 Å². The van der Waals surface area contributed by atoms with Crippen molar-refractivity contribution in [2.24, 2.45) is 11.7 Å². The first kappa shape index (κ1) is 10.4. The van der Waals surface area contributed by atoms with Crippen molar-refractivity contribution in [1.82, 2.24) is 0 Å². The molecule has 2 rings (SSSR count). The van der Waals surface area contributed by atoms with E-state index in [1.165, 1.54) is 5.69 Å². The van der Waals surface area contributed by atoms with Gasteiger partial charge < -0.3 is 4.90 Å². The molecule has 15 heavy (non-hydrogen) atoms. The molecule has 4 heteroatoms. The van der Waals surface area contributed by atoms with E-state index in [1.807, 2.05) is 6.07 Å². The first-order valence-electron chi connectivity index (χ1n) is 5.42. The van der Waals surface area contributed by atoms with Crippen LogP contribution in [-0.4, -0.2) is 30.9 Å². The largest absolute Gasteiger partial charge is 0.366 e. The van der Waals surface area contributed by atoms with Gasteiger partial charge in [-0.25, -0.2) is 0 Å². The normalized spacial score (nSPS) is 21.1. The summed E-state index contributed by atoms with van der Waals surface area (Å²) in [5, 5.41) is 0. The molecule has 1 saturated heterocycles. The van der Waals surface area contributed by atoms with E-state index in [-0.39, 0.29) is 4.70 Å². The van der Waals surface area contributed by atoms with Gasteiger partial charge in [-0.2, -0.15) is 16.4 Å². The summed E-state index contributed by atoms with van der Waals surface area (Å²) in [6.07, 6.45) is 1.04. The maximum absolute atomic E-state index is 5.91. The number of nitrogens with zero attached hydrogens (tertiary/aromatic N) is 2. The second-order valence-electron chi connectivity index (χ2n) is 4.23. The van der Waals surface area contributed by atoms with Gasteiger partial charge in [0.15, 0.2) is 0 Å². The summed E-state index contributed by atoms with van der Waals surface area (Å²) in [5.74, 6) is 11.8. The van der Waals surface area contributed by atoms with E-state index in [9.17, 15) is 0 Å². The molecule has 0 spiro atoms. The number of para-hydroxylation sites is 1. The monoisotopic (exact) mass is 207 g/mol. The number of nitrogens with two attached hydrogens (primary N) is 2. The lowest BCUT2D eigenvalue weighted by Gasteiger charge is -2.25. The molecule has 4 N–H and O–H groups in total. The molecule has 82 valence electrons. The minimum atomic E-state index is 0.156. The van der Waals surface area contributed by atoms with E-state index in [1.54, 1.807) is 0 Å². The topological polar surface area (TPSA) is 55.3 Å². The van der Waals surface area contributed by atoms with E-state index in [2.05, 4.69) is 29.2 Å². The number of rotatable bonds is 1. The first-order chi connectivity index (χ1) is 7.17. The summed E-state index contributed by atoms with van der Waals surface area (Å²) in [4.78, 5) is 2.35. The number of benzene rings is 1. The summed E-state index contributed by atoms with van der Waals surface area (Å²) in [6, 6.07) is 10.4. The molecule has 0 atom stereocenters. The Bertz CT molecular complexity index is 310. The maximum Gasteiger partial charge on any atom is 0.132 e. The van der Waals surface area contributed by atoms with Crippen molar-refractivity contribution in [1.29, 1.82) is 0 Å². The third-order valence-corrected chi connectivity index (χ3v) is 2.91. The quantitative estimate of drug-likeness (QED) is 0.519. The van der Waals surface area contributed by atoms with Crippen LogP contribution in [0, 0.1) is 0 Å². The van der Waals surface area contributed by atoms with Crippen molar-refractivity contribution in [3.63, 3.8) is 0 Å². The van der Waals surface area contributed by atoms with Crippen LogP contribution in [-0.2, 0) is 0 Å². The second-order valence-corrected chi connectivity index (χ2v) is 4.23. The molecule has 0 unspecified atom stereocenters. The van der Waals surface area contributed by atoms with Gasteiger partial charge in [0, 0.05) is 18.7 Å². The van der Waals surface area contributed by atoms with Crippen LogP contribution >= 0.6 is 0 Å². The zero-order valence-corrected chi connectivity index (χ0v) is 8.97. The number of quaternary nitrogens is 1. The number of hydrogen-bond donors (Lipinski definition) is 2. The Kier molecular flexibility index (Phi) is 2.90. The average molecular weight is 207 g/mol. The van der Waals surface area contributed by atoms with Gasteiger partial charge in [-0.15, -0.1) is 0 Å². The predicted molar refractivity (Wildman–Crippen MR) is 61.6 cm³/mol. The molecule has 0 saturated carbocycles. The summed E-state index contributed by atoms with van der Waals surface area (Å²) < 4.78 is 0.156. The fourth-order valence-corrected chi connectivity index (χ4v) is 1.98. The SMILES string of the molecule is N[N+]1(N)CCCN(c2ccccc2)CC1. The molecule has 1 aromatic carbocycles. The van der Waals surface area contributed by atoms with Gasteiger partial charge in [-0.05, 0) is 12.1 Å². The van der Waals surface area contributed by atoms with Gasteiger partial charge in [0.2, 0.25) is 0 Å². The van der Waals surface area contributed by atoms with E-state index >= 15 is 0 Å². The highest BCUT2D eigenvalue weighted by Gasteiger charge is 2.23. The number of hydrogen-bond acceptors (Lipinski definition) is 3. The Morgan fingerprint density at radius 2 is 1.73 bits per heavy atom. The van der Waals surface area contributed by atoms with E-state index in [4.69, 9.17) is 11.7 Å². The molecule has 4 nitrogen and oxygen atoms in total. The summed E-state index contributed by atoms with van der Waals surface area (Å²) in [7, 11) is 0. The molecule has 1 fully saturated rings. The van der Waals surface area contributed by atoms with Crippen molar-refractivity contribution in [3.8, 4) is 0 Å². The fraction of sp³-hybridized carbons (Fsp3) is 0.455. The lowest BCUT2D eigenvalue weighted by atomic mass is 10.3. The van der Waals surface area contributed by atoms with Crippen LogP contribution < -0.4 is 16.6 Å². The Balaban J connectivity index is 2.06. The minimum Gasteiger partial charge on any atom is -0.366 e. The highest BCUT2D eigenvalue weighted by Crippen LogP contribution is 2.15. The highest BCUT2D eigenvalue weighted by atomic mass is 15.7. The molecule has 0 bridgehead atoms. The Morgan fingerprint density at radius 3 is 2.47 bits per heavy atom. The lowest BCUT2D eigenvalue weighted by Crippen LogP contribution is -2.61. The molecule has 1 aromatic rings. The number of anilines is 1. The third-order valence-electron chi connectivity index (χ3n) is 2.91. The van der Waals surface area contributed by atoms with E-state index < -0.39 is 0 Å². The lowest BCUT2D eigenvalue weighted by molar-refractivity contribution is -0.949. The zero-order chi connectivity index (χ0) is 10.7. The van der Waals surface area contributed by atoms with Crippen LogP contribution in [0.4, 0.5) is 5.69 Å². The standard InChI is InChI=1S/C11H19N4/c12-15(13)9-4-7-14(8-10-15)11-5-2-1-3-6-11/h1-3,5-6H,4,7-10,12-13H2/q+1. The van der Waals surface area contributed by atoms with Gasteiger partial charge in [-0.3, -0.25) is 0 Å². The van der Waals surface area contributed by atoms with Gasteiger partial charge in [0.1, 0.15) is 13.1 Å². The smallest absolute Gasteiger partial charge is 0.132 e. The zero-order valence-electron chi connectivity index (χ0n) is 8.97. The molecule has 1 aliphatic rings. The predicted octanol–water partition coefficient (Wildman–Crippen LogP) is 0.461. The van der Waals surface area contributed by atoms with Crippen molar-refractivity contribution >= 4 is 5.69 Å². The van der Waals surface area contributed by atoms with Crippen LogP contribution in [0.25, 0.3) is 0 Å². The Hall–Kier alpha value is -1.10. The first-order valence-corrected chi connectivity index (χ1v) is 5.42. The van der Waals surface area contributed by atoms with Crippen LogP contribution in [0.2, 0.25) is 0 Å². The second kappa shape index (κ2) is 4.18. The van der Waals surface area contributed by atoms with Crippen molar-refractivity contribution in [2.45, 2.75) is 6.42 Å². The van der Waals surface area contributed by atoms with Crippen molar-refractivity contribution in [3.05, 3.63) is 30.3 Å². The summed E-state index contributed by atoms with van der Waals surface area (Å²) in [6.45, 7) is 3.62. The van der Waals surface area contributed by atoms with Gasteiger partial charge >= 0.3 is 0 Å². The fourth-order valence-electron chi connectivity index (χ4n) is 1.98. The van der Waals surface area contributed by atoms with E-state index in [0.29, 0.717) is 0 Å².